The van der Waals surface area contributed by atoms with Gasteiger partial charge in [0.15, 0.2) is 0 Å². The first-order valence-corrected chi connectivity index (χ1v) is 6.68. The van der Waals surface area contributed by atoms with E-state index in [0.717, 1.165) is 25.7 Å². The van der Waals surface area contributed by atoms with E-state index in [1.165, 1.54) is 19.3 Å². The van der Waals surface area contributed by atoms with E-state index in [1.807, 2.05) is 11.9 Å². The third kappa shape index (κ3) is 3.78. The van der Waals surface area contributed by atoms with Crippen LogP contribution in [0.5, 0.6) is 0 Å². The largest absolute Gasteiger partial charge is 0.341 e. The molecular weight excluding hydrogens is 200 g/mol. The molecule has 0 aromatic rings. The van der Waals surface area contributed by atoms with E-state index in [4.69, 9.17) is 5.73 Å². The lowest BCUT2D eigenvalue weighted by atomic mass is 9.90. The number of rotatable bonds is 5. The molecule has 94 valence electrons. The van der Waals surface area contributed by atoms with Crippen molar-refractivity contribution in [2.24, 2.45) is 5.73 Å². The fourth-order valence-electron chi connectivity index (χ4n) is 2.51. The molecule has 2 unspecified atom stereocenters. The second-order valence-electron chi connectivity index (χ2n) is 4.98. The summed E-state index contributed by atoms with van der Waals surface area (Å²) in [5.74, 6) is 0.274. The van der Waals surface area contributed by atoms with E-state index in [2.05, 4.69) is 6.92 Å². The number of nitrogens with zero attached hydrogens (tertiary/aromatic N) is 1. The number of carbonyl (C=O) groups is 1. The van der Waals surface area contributed by atoms with Gasteiger partial charge < -0.3 is 10.6 Å². The molecule has 0 aromatic heterocycles. The minimum Gasteiger partial charge on any atom is -0.341 e. The van der Waals surface area contributed by atoms with E-state index < -0.39 is 0 Å². The molecule has 2 N–H and O–H groups in total. The summed E-state index contributed by atoms with van der Waals surface area (Å²) in [6, 6.07) is 0.469. The predicted molar refractivity (Wildman–Crippen MR) is 67.1 cm³/mol. The zero-order valence-corrected chi connectivity index (χ0v) is 10.7. The van der Waals surface area contributed by atoms with Crippen LogP contribution in [0.2, 0.25) is 0 Å². The number of likely N-dealkylation sites (N-methyl/N-ethyl adjacent to an activating group) is 1. The summed E-state index contributed by atoms with van der Waals surface area (Å²) in [6.07, 6.45) is 8.60. The van der Waals surface area contributed by atoms with Gasteiger partial charge in [-0.05, 0) is 19.3 Å². The van der Waals surface area contributed by atoms with E-state index in [1.54, 1.807) is 0 Å². The Morgan fingerprint density at radius 2 is 2.00 bits per heavy atom. The van der Waals surface area contributed by atoms with Gasteiger partial charge in [-0.2, -0.15) is 0 Å². The average molecular weight is 226 g/mol. The van der Waals surface area contributed by atoms with Gasteiger partial charge in [0.25, 0.3) is 0 Å². The van der Waals surface area contributed by atoms with Gasteiger partial charge in [-0.15, -0.1) is 0 Å². The van der Waals surface area contributed by atoms with Gasteiger partial charge in [-0.3, -0.25) is 4.79 Å². The Labute approximate surface area is 99.4 Å². The lowest BCUT2D eigenvalue weighted by Gasteiger charge is -2.36. The van der Waals surface area contributed by atoms with Crippen molar-refractivity contribution in [2.75, 3.05) is 7.05 Å². The molecule has 16 heavy (non-hydrogen) atoms. The minimum absolute atomic E-state index is 0.189. The summed E-state index contributed by atoms with van der Waals surface area (Å²) in [5.41, 5.74) is 6.08. The number of nitrogens with two attached hydrogens (primary N) is 1. The van der Waals surface area contributed by atoms with Crippen LogP contribution in [0.4, 0.5) is 0 Å². The minimum atomic E-state index is 0.189. The van der Waals surface area contributed by atoms with Crippen molar-refractivity contribution < 1.29 is 4.79 Å². The SMILES string of the molecule is CCCCCC(=O)N(C)C1CCCCC1N. The van der Waals surface area contributed by atoms with Crippen LogP contribution in [-0.2, 0) is 4.79 Å². The van der Waals surface area contributed by atoms with Crippen molar-refractivity contribution in [1.82, 2.24) is 4.90 Å². The van der Waals surface area contributed by atoms with Gasteiger partial charge in [-0.1, -0.05) is 32.6 Å². The van der Waals surface area contributed by atoms with Crippen LogP contribution in [0.3, 0.4) is 0 Å². The smallest absolute Gasteiger partial charge is 0.222 e. The Bertz CT molecular complexity index is 218. The van der Waals surface area contributed by atoms with Crippen molar-refractivity contribution in [3.63, 3.8) is 0 Å². The standard InChI is InChI=1S/C13H26N2O/c1-3-4-5-10-13(16)15(2)12-9-7-6-8-11(12)14/h11-12H,3-10,14H2,1-2H3. The molecule has 0 aromatic carbocycles. The van der Waals surface area contributed by atoms with E-state index in [0.29, 0.717) is 6.42 Å². The first-order valence-electron chi connectivity index (χ1n) is 6.68. The predicted octanol–water partition coefficient (Wildman–Crippen LogP) is 2.29. The van der Waals surface area contributed by atoms with Crippen molar-refractivity contribution >= 4 is 5.91 Å². The molecule has 3 heteroatoms. The highest BCUT2D eigenvalue weighted by Crippen LogP contribution is 2.21. The van der Waals surface area contributed by atoms with Crippen LogP contribution >= 0.6 is 0 Å². The second-order valence-corrected chi connectivity index (χ2v) is 4.98. The average Bonchev–Trinajstić information content (AvgIpc) is 2.29. The number of unbranched alkanes of at least 4 members (excludes halogenated alkanes) is 2. The molecule has 0 heterocycles. The fraction of sp³-hybridized carbons (Fsp3) is 0.923. The number of carbonyl (C=O) groups excluding carboxylic acids is 1. The van der Waals surface area contributed by atoms with Crippen LogP contribution in [-0.4, -0.2) is 29.9 Å². The number of hydrogen-bond acceptors (Lipinski definition) is 2. The van der Waals surface area contributed by atoms with Crippen LogP contribution in [0.15, 0.2) is 0 Å². The maximum atomic E-state index is 11.9. The van der Waals surface area contributed by atoms with Gasteiger partial charge in [0, 0.05) is 25.6 Å². The summed E-state index contributed by atoms with van der Waals surface area (Å²) in [6.45, 7) is 2.16. The van der Waals surface area contributed by atoms with Crippen LogP contribution in [0.1, 0.15) is 58.3 Å². The second kappa shape index (κ2) is 6.89. The molecule has 1 rings (SSSR count). The summed E-state index contributed by atoms with van der Waals surface area (Å²) < 4.78 is 0. The van der Waals surface area contributed by atoms with Gasteiger partial charge in [0.05, 0.1) is 0 Å². The molecule has 0 bridgehead atoms. The summed E-state index contributed by atoms with van der Waals surface area (Å²) in [7, 11) is 1.92. The summed E-state index contributed by atoms with van der Waals surface area (Å²) in [5, 5.41) is 0. The number of amides is 1. The van der Waals surface area contributed by atoms with E-state index in [9.17, 15) is 4.79 Å². The van der Waals surface area contributed by atoms with Gasteiger partial charge in [0.1, 0.15) is 0 Å². The summed E-state index contributed by atoms with van der Waals surface area (Å²) >= 11 is 0. The number of hydrogen-bond donors (Lipinski definition) is 1. The molecule has 0 spiro atoms. The third-order valence-corrected chi connectivity index (χ3v) is 3.67. The summed E-state index contributed by atoms with van der Waals surface area (Å²) in [4.78, 5) is 13.8. The van der Waals surface area contributed by atoms with Gasteiger partial charge in [0.2, 0.25) is 5.91 Å². The normalized spacial score (nSPS) is 25.4. The first kappa shape index (κ1) is 13.5. The van der Waals surface area contributed by atoms with Crippen molar-refractivity contribution in [3.8, 4) is 0 Å². The zero-order chi connectivity index (χ0) is 12.0. The Morgan fingerprint density at radius 1 is 1.31 bits per heavy atom. The van der Waals surface area contributed by atoms with E-state index >= 15 is 0 Å². The molecule has 0 radical (unpaired) electrons. The Balaban J connectivity index is 2.36. The molecule has 1 fully saturated rings. The highest BCUT2D eigenvalue weighted by Gasteiger charge is 2.27. The Kier molecular flexibility index (Phi) is 5.81. The monoisotopic (exact) mass is 226 g/mol. The topological polar surface area (TPSA) is 46.3 Å². The van der Waals surface area contributed by atoms with Crippen molar-refractivity contribution in [3.05, 3.63) is 0 Å². The van der Waals surface area contributed by atoms with Crippen LogP contribution in [0.25, 0.3) is 0 Å². The van der Waals surface area contributed by atoms with Crippen LogP contribution < -0.4 is 5.73 Å². The molecule has 1 aliphatic rings. The molecule has 1 amide bonds. The molecule has 1 saturated carbocycles. The Hall–Kier alpha value is -0.570. The van der Waals surface area contributed by atoms with Crippen molar-refractivity contribution in [1.29, 1.82) is 0 Å². The third-order valence-electron chi connectivity index (χ3n) is 3.67. The van der Waals surface area contributed by atoms with Gasteiger partial charge in [-0.25, -0.2) is 0 Å². The quantitative estimate of drug-likeness (QED) is 0.731. The maximum absolute atomic E-state index is 11.9. The fourth-order valence-corrected chi connectivity index (χ4v) is 2.51. The molecule has 2 atom stereocenters. The zero-order valence-electron chi connectivity index (χ0n) is 10.7. The van der Waals surface area contributed by atoms with E-state index in [-0.39, 0.29) is 18.0 Å². The first-order chi connectivity index (χ1) is 7.66. The molecule has 0 aliphatic heterocycles. The molecule has 1 aliphatic carbocycles. The lowest BCUT2D eigenvalue weighted by molar-refractivity contribution is -0.133. The lowest BCUT2D eigenvalue weighted by Crippen LogP contribution is -2.50. The molecule has 0 saturated heterocycles. The van der Waals surface area contributed by atoms with Crippen molar-refractivity contribution in [2.45, 2.75) is 70.4 Å². The highest BCUT2D eigenvalue weighted by atomic mass is 16.2. The maximum Gasteiger partial charge on any atom is 0.222 e. The Morgan fingerprint density at radius 3 is 2.62 bits per heavy atom. The van der Waals surface area contributed by atoms with Crippen LogP contribution in [0, 0.1) is 0 Å². The molecule has 3 nitrogen and oxygen atoms in total. The highest BCUT2D eigenvalue weighted by molar-refractivity contribution is 5.76. The van der Waals surface area contributed by atoms with Gasteiger partial charge >= 0.3 is 0 Å². The molecular formula is C13H26N2O.